The van der Waals surface area contributed by atoms with Crippen LogP contribution >= 0.6 is 0 Å². The number of hydrogen-bond donors (Lipinski definition) is 1. The third kappa shape index (κ3) is 2.18. The molecular formula is C17H15N3O. The quantitative estimate of drug-likeness (QED) is 0.783. The van der Waals surface area contributed by atoms with Crippen molar-refractivity contribution in [1.82, 2.24) is 9.55 Å². The molecule has 0 aliphatic carbocycles. The molecule has 4 nitrogen and oxygen atoms in total. The molecule has 3 rings (SSSR count). The summed E-state index contributed by atoms with van der Waals surface area (Å²) >= 11 is 0. The Balaban J connectivity index is 2.26. The van der Waals surface area contributed by atoms with Crippen molar-refractivity contribution >= 4 is 11.0 Å². The lowest BCUT2D eigenvalue weighted by Crippen LogP contribution is -1.98. The van der Waals surface area contributed by atoms with Gasteiger partial charge in [0.25, 0.3) is 0 Å². The van der Waals surface area contributed by atoms with Gasteiger partial charge in [0.05, 0.1) is 28.9 Å². The molecule has 2 aromatic carbocycles. The molecule has 0 aliphatic rings. The van der Waals surface area contributed by atoms with E-state index in [1.165, 1.54) is 11.1 Å². The Hall–Kier alpha value is -2.64. The van der Waals surface area contributed by atoms with E-state index in [0.29, 0.717) is 5.56 Å². The highest BCUT2D eigenvalue weighted by atomic mass is 16.3. The third-order valence-corrected chi connectivity index (χ3v) is 3.79. The maximum atomic E-state index is 9.34. The molecule has 0 saturated heterocycles. The number of fused-ring (bicyclic) bond motifs is 1. The normalized spacial score (nSPS) is 10.8. The number of aliphatic hydroxyl groups is 1. The van der Waals surface area contributed by atoms with Crippen molar-refractivity contribution in [3.63, 3.8) is 0 Å². The third-order valence-electron chi connectivity index (χ3n) is 3.79. The zero-order valence-corrected chi connectivity index (χ0v) is 12.0. The fourth-order valence-electron chi connectivity index (χ4n) is 2.44. The van der Waals surface area contributed by atoms with Gasteiger partial charge in [0, 0.05) is 0 Å². The molecule has 0 bridgehead atoms. The zero-order valence-electron chi connectivity index (χ0n) is 12.0. The number of aromatic nitrogens is 2. The van der Waals surface area contributed by atoms with E-state index in [1.807, 2.05) is 16.7 Å². The van der Waals surface area contributed by atoms with Crippen LogP contribution in [0.4, 0.5) is 0 Å². The summed E-state index contributed by atoms with van der Waals surface area (Å²) in [6, 6.07) is 11.7. The molecule has 3 aromatic rings. The standard InChI is InChI=1S/C17H15N3O/c1-11-5-15-17(6-12(11)2)20(10-19-15)16-4-3-13(9-21)7-14(16)8-18/h3-7,10,21H,9H2,1-2H3. The molecule has 21 heavy (non-hydrogen) atoms. The first-order valence-corrected chi connectivity index (χ1v) is 6.72. The van der Waals surface area contributed by atoms with E-state index in [2.05, 4.69) is 37.0 Å². The second-order valence-electron chi connectivity index (χ2n) is 5.16. The maximum absolute atomic E-state index is 9.34. The molecule has 1 aromatic heterocycles. The van der Waals surface area contributed by atoms with Crippen LogP contribution in [0.5, 0.6) is 0 Å². The topological polar surface area (TPSA) is 61.8 Å². The minimum absolute atomic E-state index is 0.0715. The molecule has 0 fully saturated rings. The molecule has 0 saturated carbocycles. The van der Waals surface area contributed by atoms with Crippen LogP contribution in [-0.4, -0.2) is 14.7 Å². The number of nitrogens with zero attached hydrogens (tertiary/aromatic N) is 3. The van der Waals surface area contributed by atoms with Crippen LogP contribution < -0.4 is 0 Å². The number of aliphatic hydroxyl groups excluding tert-OH is 1. The van der Waals surface area contributed by atoms with Crippen LogP contribution in [0.2, 0.25) is 0 Å². The summed E-state index contributed by atoms with van der Waals surface area (Å²) in [5.41, 5.74) is 6.31. The first-order chi connectivity index (χ1) is 10.1. The largest absolute Gasteiger partial charge is 0.392 e. The molecular weight excluding hydrogens is 262 g/mol. The van der Waals surface area contributed by atoms with Crippen molar-refractivity contribution in [2.45, 2.75) is 20.5 Å². The molecule has 0 atom stereocenters. The summed E-state index contributed by atoms with van der Waals surface area (Å²) in [6.45, 7) is 4.05. The Morgan fingerprint density at radius 3 is 2.67 bits per heavy atom. The Bertz CT molecular complexity index is 872. The predicted octanol–water partition coefficient (Wildman–Crippen LogP) is 3.01. The van der Waals surface area contributed by atoms with Gasteiger partial charge in [0.1, 0.15) is 12.4 Å². The monoisotopic (exact) mass is 277 g/mol. The number of aryl methyl sites for hydroxylation is 2. The summed E-state index contributed by atoms with van der Waals surface area (Å²) in [5, 5.41) is 18.5. The highest BCUT2D eigenvalue weighted by Gasteiger charge is 2.10. The van der Waals surface area contributed by atoms with Crippen molar-refractivity contribution in [3.05, 3.63) is 58.9 Å². The van der Waals surface area contributed by atoms with Crippen LogP contribution in [0.15, 0.2) is 36.7 Å². The Morgan fingerprint density at radius 1 is 1.19 bits per heavy atom. The summed E-state index contributed by atoms with van der Waals surface area (Å²) in [5.74, 6) is 0. The zero-order chi connectivity index (χ0) is 15.0. The Kier molecular flexibility index (Phi) is 3.20. The number of rotatable bonds is 2. The van der Waals surface area contributed by atoms with E-state index in [9.17, 15) is 10.4 Å². The molecule has 0 aliphatic heterocycles. The fourth-order valence-corrected chi connectivity index (χ4v) is 2.44. The van der Waals surface area contributed by atoms with Gasteiger partial charge in [-0.3, -0.25) is 4.57 Å². The Morgan fingerprint density at radius 2 is 1.95 bits per heavy atom. The lowest BCUT2D eigenvalue weighted by molar-refractivity contribution is 0.282. The molecule has 1 heterocycles. The van der Waals surface area contributed by atoms with Gasteiger partial charge in [-0.15, -0.1) is 0 Å². The first kappa shape index (κ1) is 13.3. The van der Waals surface area contributed by atoms with E-state index in [-0.39, 0.29) is 6.61 Å². The van der Waals surface area contributed by atoms with Gasteiger partial charge in [0.15, 0.2) is 0 Å². The maximum Gasteiger partial charge on any atom is 0.101 e. The van der Waals surface area contributed by atoms with E-state index in [1.54, 1.807) is 12.4 Å². The molecule has 4 heteroatoms. The van der Waals surface area contributed by atoms with Gasteiger partial charge in [-0.25, -0.2) is 4.98 Å². The van der Waals surface area contributed by atoms with E-state index in [4.69, 9.17) is 0 Å². The summed E-state index contributed by atoms with van der Waals surface area (Å²) in [7, 11) is 0. The molecule has 1 N–H and O–H groups in total. The highest BCUT2D eigenvalue weighted by Crippen LogP contribution is 2.24. The van der Waals surface area contributed by atoms with Crippen molar-refractivity contribution in [1.29, 1.82) is 5.26 Å². The molecule has 0 spiro atoms. The second-order valence-corrected chi connectivity index (χ2v) is 5.16. The molecule has 0 radical (unpaired) electrons. The van der Waals surface area contributed by atoms with Crippen LogP contribution in [0.1, 0.15) is 22.3 Å². The lowest BCUT2D eigenvalue weighted by atomic mass is 10.1. The van der Waals surface area contributed by atoms with Gasteiger partial charge in [-0.05, 0) is 54.8 Å². The molecule has 0 unspecified atom stereocenters. The van der Waals surface area contributed by atoms with Crippen molar-refractivity contribution in [2.24, 2.45) is 0 Å². The van der Waals surface area contributed by atoms with Gasteiger partial charge >= 0.3 is 0 Å². The van der Waals surface area contributed by atoms with E-state index in [0.717, 1.165) is 22.3 Å². The first-order valence-electron chi connectivity index (χ1n) is 6.72. The van der Waals surface area contributed by atoms with Gasteiger partial charge in [0.2, 0.25) is 0 Å². The summed E-state index contributed by atoms with van der Waals surface area (Å²) in [4.78, 5) is 4.42. The number of imidazole rings is 1. The molecule has 0 amide bonds. The van der Waals surface area contributed by atoms with Crippen molar-refractivity contribution < 1.29 is 5.11 Å². The average molecular weight is 277 g/mol. The van der Waals surface area contributed by atoms with Crippen LogP contribution in [0, 0.1) is 25.2 Å². The van der Waals surface area contributed by atoms with Crippen molar-refractivity contribution in [2.75, 3.05) is 0 Å². The second kappa shape index (κ2) is 5.04. The summed E-state index contributed by atoms with van der Waals surface area (Å²) < 4.78 is 1.92. The van der Waals surface area contributed by atoms with E-state index >= 15 is 0 Å². The smallest absolute Gasteiger partial charge is 0.101 e. The van der Waals surface area contributed by atoms with Gasteiger partial charge in [-0.2, -0.15) is 5.26 Å². The summed E-state index contributed by atoms with van der Waals surface area (Å²) in [6.07, 6.45) is 1.73. The van der Waals surface area contributed by atoms with E-state index < -0.39 is 0 Å². The van der Waals surface area contributed by atoms with Crippen molar-refractivity contribution in [3.8, 4) is 11.8 Å². The van der Waals surface area contributed by atoms with Crippen LogP contribution in [0.25, 0.3) is 16.7 Å². The fraction of sp³-hybridized carbons (Fsp3) is 0.176. The average Bonchev–Trinajstić information content (AvgIpc) is 2.89. The van der Waals surface area contributed by atoms with Gasteiger partial charge in [-0.1, -0.05) is 6.07 Å². The lowest BCUT2D eigenvalue weighted by Gasteiger charge is -2.09. The number of hydrogen-bond acceptors (Lipinski definition) is 3. The minimum Gasteiger partial charge on any atom is -0.392 e. The van der Waals surface area contributed by atoms with Gasteiger partial charge < -0.3 is 5.11 Å². The Labute approximate surface area is 122 Å². The minimum atomic E-state index is -0.0715. The number of nitriles is 1. The van der Waals surface area contributed by atoms with Crippen LogP contribution in [0.3, 0.4) is 0 Å². The number of benzene rings is 2. The SMILES string of the molecule is Cc1cc2ncn(-c3ccc(CO)cc3C#N)c2cc1C. The highest BCUT2D eigenvalue weighted by molar-refractivity contribution is 5.80. The molecule has 104 valence electrons. The predicted molar refractivity (Wildman–Crippen MR) is 81.2 cm³/mol. The van der Waals surface area contributed by atoms with Crippen LogP contribution in [-0.2, 0) is 6.61 Å².